The molecular weight excluding hydrogens is 267 g/mol. The average molecular weight is 273 g/mol. The number of aromatic carboxylic acids is 1. The van der Waals surface area contributed by atoms with E-state index in [9.17, 15) is 4.79 Å². The second kappa shape index (κ2) is 4.23. The van der Waals surface area contributed by atoms with Crippen molar-refractivity contribution in [2.75, 3.05) is 5.73 Å². The third kappa shape index (κ3) is 2.17. The molecule has 0 fully saturated rings. The number of nitrogen functional groups attached to an aromatic ring is 1. The molecule has 0 aliphatic carbocycles. The summed E-state index contributed by atoms with van der Waals surface area (Å²) in [5.74, 6) is -1.43. The molecule has 17 heavy (non-hydrogen) atoms. The van der Waals surface area contributed by atoms with Crippen LogP contribution < -0.4 is 5.73 Å². The molecule has 0 amide bonds. The molecule has 2 aromatic rings. The normalized spacial score (nSPS) is 10.5. The largest absolute Gasteiger partial charge is 0.476 e. The first kappa shape index (κ1) is 11.7. The van der Waals surface area contributed by atoms with Gasteiger partial charge >= 0.3 is 5.97 Å². The first-order chi connectivity index (χ1) is 7.99. The Kier molecular flexibility index (Phi) is 2.91. The number of carboxylic acid groups (broad SMARTS) is 1. The van der Waals surface area contributed by atoms with E-state index in [-0.39, 0.29) is 11.5 Å². The quantitative estimate of drug-likeness (QED) is 0.870. The first-order valence-corrected chi connectivity index (χ1v) is 5.16. The average Bonchev–Trinajstić information content (AvgIpc) is 2.60. The van der Waals surface area contributed by atoms with Crippen LogP contribution in [0.4, 0.5) is 5.82 Å². The summed E-state index contributed by atoms with van der Waals surface area (Å²) in [6.45, 7) is 0. The fraction of sp³-hybridized carbons (Fsp3) is 0. The number of carboxylic acids is 1. The van der Waals surface area contributed by atoms with Gasteiger partial charge in [-0.25, -0.2) is 4.79 Å². The summed E-state index contributed by atoms with van der Waals surface area (Å²) in [5.41, 5.74) is 5.49. The van der Waals surface area contributed by atoms with E-state index in [0.717, 1.165) is 4.80 Å². The molecule has 1 heterocycles. The van der Waals surface area contributed by atoms with E-state index in [1.807, 2.05) is 0 Å². The molecular formula is C9H6Cl2N4O2. The minimum atomic E-state index is -1.25. The molecule has 8 heteroatoms. The van der Waals surface area contributed by atoms with Gasteiger partial charge in [-0.1, -0.05) is 23.2 Å². The van der Waals surface area contributed by atoms with Crippen LogP contribution >= 0.6 is 23.2 Å². The maximum Gasteiger partial charge on any atom is 0.360 e. The molecule has 0 aliphatic rings. The van der Waals surface area contributed by atoms with Crippen molar-refractivity contribution < 1.29 is 9.90 Å². The lowest BCUT2D eigenvalue weighted by molar-refractivity contribution is 0.0691. The van der Waals surface area contributed by atoms with Crippen LogP contribution in [-0.2, 0) is 0 Å². The van der Waals surface area contributed by atoms with Crippen molar-refractivity contribution in [3.63, 3.8) is 0 Å². The lowest BCUT2D eigenvalue weighted by Crippen LogP contribution is -2.03. The molecule has 0 bridgehead atoms. The van der Waals surface area contributed by atoms with Gasteiger partial charge in [0.15, 0.2) is 5.82 Å². The highest BCUT2D eigenvalue weighted by molar-refractivity contribution is 6.35. The van der Waals surface area contributed by atoms with Crippen LogP contribution in [0.3, 0.4) is 0 Å². The van der Waals surface area contributed by atoms with Crippen LogP contribution in [0, 0.1) is 0 Å². The van der Waals surface area contributed by atoms with Crippen molar-refractivity contribution in [2.24, 2.45) is 0 Å². The molecule has 2 rings (SSSR count). The molecule has 3 N–H and O–H groups in total. The number of hydrogen-bond acceptors (Lipinski definition) is 4. The number of hydrogen-bond donors (Lipinski definition) is 2. The van der Waals surface area contributed by atoms with Crippen LogP contribution in [0.15, 0.2) is 18.2 Å². The molecule has 0 saturated carbocycles. The SMILES string of the molecule is Nc1nn(-c2ccc(Cl)cc2Cl)nc1C(=O)O. The van der Waals surface area contributed by atoms with Crippen LogP contribution in [0.2, 0.25) is 10.0 Å². The standard InChI is InChI=1S/C9H6Cl2N4O2/c10-4-1-2-6(5(11)3-4)15-13-7(9(16)17)8(12)14-15/h1-3H,(H2,12,14)(H,16,17). The number of nitrogens with zero attached hydrogens (tertiary/aromatic N) is 3. The van der Waals surface area contributed by atoms with Crippen LogP contribution in [0.1, 0.15) is 10.5 Å². The Balaban J connectivity index is 2.53. The van der Waals surface area contributed by atoms with Crippen molar-refractivity contribution in [3.8, 4) is 5.69 Å². The molecule has 0 spiro atoms. The minimum Gasteiger partial charge on any atom is -0.476 e. The maximum atomic E-state index is 10.8. The van der Waals surface area contributed by atoms with E-state index < -0.39 is 5.97 Å². The lowest BCUT2D eigenvalue weighted by Gasteiger charge is -2.02. The van der Waals surface area contributed by atoms with Crippen LogP contribution in [0.5, 0.6) is 0 Å². The highest BCUT2D eigenvalue weighted by Crippen LogP contribution is 2.24. The van der Waals surface area contributed by atoms with E-state index in [2.05, 4.69) is 10.2 Å². The molecule has 1 aromatic carbocycles. The Bertz CT molecular complexity index is 597. The Morgan fingerprint density at radius 3 is 2.59 bits per heavy atom. The van der Waals surface area contributed by atoms with Gasteiger partial charge in [0.05, 0.1) is 5.02 Å². The summed E-state index contributed by atoms with van der Waals surface area (Å²) < 4.78 is 0. The predicted molar refractivity (Wildman–Crippen MR) is 62.8 cm³/mol. The molecule has 0 aliphatic heterocycles. The van der Waals surface area contributed by atoms with Crippen molar-refractivity contribution in [2.45, 2.75) is 0 Å². The molecule has 6 nitrogen and oxygen atoms in total. The van der Waals surface area contributed by atoms with Crippen molar-refractivity contribution in [1.29, 1.82) is 0 Å². The number of rotatable bonds is 2. The molecule has 0 atom stereocenters. The summed E-state index contributed by atoms with van der Waals surface area (Å²) in [5, 5.41) is 17.0. The fourth-order valence-corrected chi connectivity index (χ4v) is 1.71. The molecule has 1 aromatic heterocycles. The van der Waals surface area contributed by atoms with Gasteiger partial charge in [-0.05, 0) is 18.2 Å². The van der Waals surface area contributed by atoms with Gasteiger partial charge in [-0.15, -0.1) is 15.0 Å². The number of nitrogens with two attached hydrogens (primary N) is 1. The topological polar surface area (TPSA) is 94.0 Å². The zero-order chi connectivity index (χ0) is 12.6. The first-order valence-electron chi connectivity index (χ1n) is 4.40. The van der Waals surface area contributed by atoms with Gasteiger partial charge in [-0.3, -0.25) is 0 Å². The summed E-state index contributed by atoms with van der Waals surface area (Å²) in [6, 6.07) is 4.65. The van der Waals surface area contributed by atoms with Gasteiger partial charge in [0.2, 0.25) is 5.69 Å². The van der Waals surface area contributed by atoms with Crippen molar-refractivity contribution >= 4 is 35.0 Å². The monoisotopic (exact) mass is 272 g/mol. The maximum absolute atomic E-state index is 10.8. The number of anilines is 1. The van der Waals surface area contributed by atoms with Crippen LogP contribution in [-0.4, -0.2) is 26.1 Å². The van der Waals surface area contributed by atoms with E-state index in [1.54, 1.807) is 12.1 Å². The number of carbonyl (C=O) groups is 1. The Labute approximate surface area is 106 Å². The zero-order valence-electron chi connectivity index (χ0n) is 8.26. The predicted octanol–water partition coefficient (Wildman–Crippen LogP) is 1.85. The van der Waals surface area contributed by atoms with Gasteiger partial charge in [-0.2, -0.15) is 0 Å². The fourth-order valence-electron chi connectivity index (χ4n) is 1.22. The zero-order valence-corrected chi connectivity index (χ0v) is 9.77. The lowest BCUT2D eigenvalue weighted by atomic mass is 10.3. The van der Waals surface area contributed by atoms with Crippen LogP contribution in [0.25, 0.3) is 5.69 Å². The highest BCUT2D eigenvalue weighted by atomic mass is 35.5. The number of halogens is 2. The van der Waals surface area contributed by atoms with E-state index in [1.165, 1.54) is 6.07 Å². The van der Waals surface area contributed by atoms with E-state index >= 15 is 0 Å². The molecule has 88 valence electrons. The van der Waals surface area contributed by atoms with Gasteiger partial charge in [0.25, 0.3) is 0 Å². The number of aromatic nitrogens is 3. The van der Waals surface area contributed by atoms with Gasteiger partial charge in [0, 0.05) is 5.02 Å². The summed E-state index contributed by atoms with van der Waals surface area (Å²) in [7, 11) is 0. The second-order valence-electron chi connectivity index (χ2n) is 3.12. The van der Waals surface area contributed by atoms with Gasteiger partial charge < -0.3 is 10.8 Å². The smallest absolute Gasteiger partial charge is 0.360 e. The van der Waals surface area contributed by atoms with E-state index in [4.69, 9.17) is 34.0 Å². The summed E-state index contributed by atoms with van der Waals surface area (Å²) in [6.07, 6.45) is 0. The second-order valence-corrected chi connectivity index (χ2v) is 3.97. The molecule has 0 radical (unpaired) electrons. The summed E-state index contributed by atoms with van der Waals surface area (Å²) in [4.78, 5) is 11.8. The van der Waals surface area contributed by atoms with Crippen molar-refractivity contribution in [3.05, 3.63) is 33.9 Å². The van der Waals surface area contributed by atoms with Gasteiger partial charge in [0.1, 0.15) is 5.69 Å². The number of benzene rings is 1. The Morgan fingerprint density at radius 1 is 1.35 bits per heavy atom. The third-order valence-electron chi connectivity index (χ3n) is 1.97. The van der Waals surface area contributed by atoms with Crippen molar-refractivity contribution in [1.82, 2.24) is 15.0 Å². The summed E-state index contributed by atoms with van der Waals surface area (Å²) >= 11 is 11.7. The minimum absolute atomic E-state index is 0.177. The molecule has 0 unspecified atom stereocenters. The van der Waals surface area contributed by atoms with E-state index in [0.29, 0.717) is 15.7 Å². The third-order valence-corrected chi connectivity index (χ3v) is 2.51. The highest BCUT2D eigenvalue weighted by Gasteiger charge is 2.17. The molecule has 0 saturated heterocycles. The Hall–Kier alpha value is -1.79. The Morgan fingerprint density at radius 2 is 2.06 bits per heavy atom.